The Morgan fingerprint density at radius 3 is 2.86 bits per heavy atom. The number of nitrogens with one attached hydrogen (secondary N) is 2. The molecule has 3 aromatic heterocycles. The summed E-state index contributed by atoms with van der Waals surface area (Å²) in [5, 5.41) is 4.95. The van der Waals surface area contributed by atoms with Crippen molar-refractivity contribution in [1.82, 2.24) is 24.6 Å². The number of aromatic nitrogens is 3. The topological polar surface area (TPSA) is 65.4 Å². The van der Waals surface area contributed by atoms with Gasteiger partial charge >= 0.3 is 6.03 Å². The van der Waals surface area contributed by atoms with Gasteiger partial charge in [0.05, 0.1) is 17.3 Å². The van der Waals surface area contributed by atoms with E-state index in [1.54, 1.807) is 0 Å². The van der Waals surface area contributed by atoms with Gasteiger partial charge in [0.25, 0.3) is 0 Å². The van der Waals surface area contributed by atoms with Crippen LogP contribution in [-0.4, -0.2) is 38.4 Å². The number of amides is 2. The zero-order valence-electron chi connectivity index (χ0n) is 15.9. The van der Waals surface area contributed by atoms with Gasteiger partial charge in [0, 0.05) is 42.6 Å². The normalized spacial score (nSPS) is 15.3. The number of nitrogens with zero attached hydrogens (tertiary/aromatic N) is 3. The third-order valence-electron chi connectivity index (χ3n) is 5.73. The summed E-state index contributed by atoms with van der Waals surface area (Å²) in [6.07, 6.45) is 7.78. The molecule has 2 N–H and O–H groups in total. The van der Waals surface area contributed by atoms with E-state index in [2.05, 4.69) is 39.7 Å². The predicted molar refractivity (Wildman–Crippen MR) is 114 cm³/mol. The minimum absolute atomic E-state index is 0.0301. The highest BCUT2D eigenvalue weighted by atomic mass is 35.5. The number of rotatable bonds is 3. The minimum atomic E-state index is -0.0301. The summed E-state index contributed by atoms with van der Waals surface area (Å²) in [4.78, 5) is 22.4. The Morgan fingerprint density at radius 2 is 2.00 bits per heavy atom. The van der Waals surface area contributed by atoms with Crippen molar-refractivity contribution in [2.75, 3.05) is 13.1 Å². The van der Waals surface area contributed by atoms with E-state index in [1.807, 2.05) is 39.9 Å². The van der Waals surface area contributed by atoms with Crippen LogP contribution in [-0.2, 0) is 6.54 Å². The van der Waals surface area contributed by atoms with Gasteiger partial charge in [-0.15, -0.1) is 0 Å². The van der Waals surface area contributed by atoms with Gasteiger partial charge in [0.15, 0.2) is 0 Å². The van der Waals surface area contributed by atoms with Gasteiger partial charge in [-0.25, -0.2) is 9.78 Å². The standard InChI is InChI=1S/C22H22ClN5O/c23-16-5-6-21-26-17(14-28(21)13-16)11-25-22(29)27-9-7-15(8-10-27)19-12-24-20-4-2-1-3-18(19)20/h1-6,12-15,24H,7-11H2,(H,25,29). The Kier molecular flexibility index (Phi) is 4.64. The molecule has 0 aliphatic carbocycles. The van der Waals surface area contributed by atoms with Crippen molar-refractivity contribution in [3.8, 4) is 0 Å². The quantitative estimate of drug-likeness (QED) is 0.523. The molecular weight excluding hydrogens is 386 g/mol. The Balaban J connectivity index is 1.18. The number of benzene rings is 1. The zero-order valence-corrected chi connectivity index (χ0v) is 16.7. The van der Waals surface area contributed by atoms with E-state index in [1.165, 1.54) is 16.5 Å². The Bertz CT molecular complexity index is 1170. The molecule has 0 bridgehead atoms. The van der Waals surface area contributed by atoms with Crippen LogP contribution in [0.15, 0.2) is 55.0 Å². The molecule has 6 nitrogen and oxygen atoms in total. The SMILES string of the molecule is O=C(NCc1cn2cc(Cl)ccc2n1)N1CCC(c2c[nH]c3ccccc23)CC1. The molecule has 7 heteroatoms. The van der Waals surface area contributed by atoms with Crippen molar-refractivity contribution in [1.29, 1.82) is 0 Å². The first-order chi connectivity index (χ1) is 14.2. The van der Waals surface area contributed by atoms with Crippen LogP contribution in [0.4, 0.5) is 4.79 Å². The smallest absolute Gasteiger partial charge is 0.317 e. The van der Waals surface area contributed by atoms with Crippen molar-refractivity contribution in [2.45, 2.75) is 25.3 Å². The second-order valence-electron chi connectivity index (χ2n) is 7.55. The number of pyridine rings is 1. The average molecular weight is 408 g/mol. The van der Waals surface area contributed by atoms with E-state index in [9.17, 15) is 4.79 Å². The fraction of sp³-hybridized carbons (Fsp3) is 0.273. The van der Waals surface area contributed by atoms with Crippen molar-refractivity contribution < 1.29 is 4.79 Å². The zero-order chi connectivity index (χ0) is 19.8. The molecule has 1 fully saturated rings. The van der Waals surface area contributed by atoms with E-state index in [4.69, 9.17) is 11.6 Å². The fourth-order valence-electron chi connectivity index (χ4n) is 4.21. The van der Waals surface area contributed by atoms with Crippen molar-refractivity contribution in [3.63, 3.8) is 0 Å². The van der Waals surface area contributed by atoms with Gasteiger partial charge in [-0.3, -0.25) is 0 Å². The average Bonchev–Trinajstić information content (AvgIpc) is 3.35. The van der Waals surface area contributed by atoms with Gasteiger partial charge in [0.2, 0.25) is 0 Å². The lowest BCUT2D eigenvalue weighted by atomic mass is 9.89. The van der Waals surface area contributed by atoms with Gasteiger partial charge < -0.3 is 19.6 Å². The summed E-state index contributed by atoms with van der Waals surface area (Å²) < 4.78 is 1.87. The molecule has 4 aromatic rings. The number of imidazole rings is 1. The Labute approximate surface area is 173 Å². The Morgan fingerprint density at radius 1 is 1.17 bits per heavy atom. The molecule has 0 spiro atoms. The first kappa shape index (κ1) is 18.1. The number of carbonyl (C=O) groups is 1. The second-order valence-corrected chi connectivity index (χ2v) is 7.99. The number of piperidine rings is 1. The van der Waals surface area contributed by atoms with E-state index >= 15 is 0 Å². The molecule has 1 saturated heterocycles. The van der Waals surface area contributed by atoms with Crippen molar-refractivity contribution >= 4 is 34.2 Å². The molecule has 29 heavy (non-hydrogen) atoms. The van der Waals surface area contributed by atoms with Crippen molar-refractivity contribution in [3.05, 3.63) is 71.3 Å². The molecule has 148 valence electrons. The first-order valence-electron chi connectivity index (χ1n) is 9.89. The molecule has 0 saturated carbocycles. The molecule has 5 rings (SSSR count). The van der Waals surface area contributed by atoms with E-state index in [0.717, 1.165) is 37.3 Å². The van der Waals surface area contributed by atoms with Crippen LogP contribution < -0.4 is 5.32 Å². The number of halogens is 1. The van der Waals surface area contributed by atoms with Gasteiger partial charge in [0.1, 0.15) is 5.65 Å². The molecule has 1 aliphatic heterocycles. The molecule has 2 amide bonds. The number of fused-ring (bicyclic) bond motifs is 2. The lowest BCUT2D eigenvalue weighted by Crippen LogP contribution is -2.43. The molecule has 0 radical (unpaired) electrons. The van der Waals surface area contributed by atoms with Crippen LogP contribution in [0.25, 0.3) is 16.6 Å². The summed E-state index contributed by atoms with van der Waals surface area (Å²) in [6.45, 7) is 1.92. The third kappa shape index (κ3) is 3.56. The summed E-state index contributed by atoms with van der Waals surface area (Å²) in [6, 6.07) is 12.0. The van der Waals surface area contributed by atoms with Crippen LogP contribution in [0.3, 0.4) is 0 Å². The number of urea groups is 1. The maximum Gasteiger partial charge on any atom is 0.317 e. The summed E-state index contributed by atoms with van der Waals surface area (Å²) >= 11 is 6.01. The minimum Gasteiger partial charge on any atom is -0.361 e. The molecule has 4 heterocycles. The molecule has 1 aromatic carbocycles. The van der Waals surface area contributed by atoms with E-state index < -0.39 is 0 Å². The summed E-state index contributed by atoms with van der Waals surface area (Å²) in [7, 11) is 0. The molecule has 0 atom stereocenters. The van der Waals surface area contributed by atoms with Crippen LogP contribution in [0, 0.1) is 0 Å². The second kappa shape index (κ2) is 7.44. The van der Waals surface area contributed by atoms with Crippen LogP contribution in [0.2, 0.25) is 5.02 Å². The summed E-state index contributed by atoms with van der Waals surface area (Å²) in [5.74, 6) is 0.485. The third-order valence-corrected chi connectivity index (χ3v) is 5.95. The monoisotopic (exact) mass is 407 g/mol. The van der Waals surface area contributed by atoms with Crippen LogP contribution in [0.5, 0.6) is 0 Å². The maximum atomic E-state index is 12.6. The van der Waals surface area contributed by atoms with Crippen LogP contribution in [0.1, 0.15) is 30.0 Å². The highest BCUT2D eigenvalue weighted by molar-refractivity contribution is 6.30. The van der Waals surface area contributed by atoms with Gasteiger partial charge in [-0.05, 0) is 42.5 Å². The molecule has 1 aliphatic rings. The summed E-state index contributed by atoms with van der Waals surface area (Å²) in [5.41, 5.74) is 4.17. The molecule has 0 unspecified atom stereocenters. The largest absolute Gasteiger partial charge is 0.361 e. The van der Waals surface area contributed by atoms with E-state index in [0.29, 0.717) is 17.5 Å². The number of H-pyrrole nitrogens is 1. The number of para-hydroxylation sites is 1. The number of hydrogen-bond acceptors (Lipinski definition) is 2. The van der Waals surface area contributed by atoms with Gasteiger partial charge in [-0.2, -0.15) is 0 Å². The fourth-order valence-corrected chi connectivity index (χ4v) is 4.37. The lowest BCUT2D eigenvalue weighted by Gasteiger charge is -2.32. The maximum absolute atomic E-state index is 12.6. The first-order valence-corrected chi connectivity index (χ1v) is 10.3. The lowest BCUT2D eigenvalue weighted by molar-refractivity contribution is 0.181. The molecular formula is C22H22ClN5O. The number of aromatic amines is 1. The van der Waals surface area contributed by atoms with E-state index in [-0.39, 0.29) is 6.03 Å². The Hall–Kier alpha value is -2.99. The predicted octanol–water partition coefficient (Wildman–Crippen LogP) is 4.56. The van der Waals surface area contributed by atoms with Crippen LogP contribution >= 0.6 is 11.6 Å². The number of likely N-dealkylation sites (tertiary alicyclic amines) is 1. The van der Waals surface area contributed by atoms with Gasteiger partial charge in [-0.1, -0.05) is 29.8 Å². The number of hydrogen-bond donors (Lipinski definition) is 2. The highest BCUT2D eigenvalue weighted by Crippen LogP contribution is 2.33. The number of carbonyl (C=O) groups excluding carboxylic acids is 1. The van der Waals surface area contributed by atoms with Crippen molar-refractivity contribution in [2.24, 2.45) is 0 Å². The highest BCUT2D eigenvalue weighted by Gasteiger charge is 2.25.